The van der Waals surface area contributed by atoms with Crippen LogP contribution >= 0.6 is 34.8 Å². The number of nitrogens with zero attached hydrogens (tertiary/aromatic N) is 1. The third-order valence-electron chi connectivity index (χ3n) is 2.49. The maximum absolute atomic E-state index is 5.94. The van der Waals surface area contributed by atoms with Crippen LogP contribution in [0.1, 0.15) is 11.7 Å². The van der Waals surface area contributed by atoms with E-state index >= 15 is 0 Å². The largest absolute Gasteiger partial charge is 0.319 e. The molecule has 0 saturated carbocycles. The number of nitrogens with two attached hydrogens (primary N) is 1. The molecule has 1 aromatic heterocycles. The van der Waals surface area contributed by atoms with Crippen LogP contribution in [0.15, 0.2) is 48.7 Å². The molecule has 0 bridgehead atoms. The van der Waals surface area contributed by atoms with Crippen molar-refractivity contribution in [3.8, 4) is 5.69 Å². The zero-order valence-electron chi connectivity index (χ0n) is 8.85. The lowest BCUT2D eigenvalue weighted by Crippen LogP contribution is -2.27. The lowest BCUT2D eigenvalue weighted by molar-refractivity contribution is 0.699. The molecule has 1 aromatic carbocycles. The minimum atomic E-state index is -1.52. The first-order valence-electron chi connectivity index (χ1n) is 5.05. The number of halogens is 3. The normalized spacial score (nSPS) is 13.6. The summed E-state index contributed by atoms with van der Waals surface area (Å²) in [6.45, 7) is 0. The lowest BCUT2D eigenvalue weighted by Gasteiger charge is -2.22. The number of hydrogen-bond acceptors (Lipinski definition) is 1. The van der Waals surface area contributed by atoms with E-state index in [0.29, 0.717) is 0 Å². The summed E-state index contributed by atoms with van der Waals surface area (Å²) in [5.74, 6) is 0. The molecule has 0 radical (unpaired) electrons. The minimum absolute atomic E-state index is 0.678. The van der Waals surface area contributed by atoms with Crippen LogP contribution in [0.4, 0.5) is 0 Å². The van der Waals surface area contributed by atoms with Crippen LogP contribution in [0.5, 0.6) is 0 Å². The van der Waals surface area contributed by atoms with Crippen molar-refractivity contribution in [2.75, 3.05) is 0 Å². The van der Waals surface area contributed by atoms with Crippen molar-refractivity contribution in [3.63, 3.8) is 0 Å². The van der Waals surface area contributed by atoms with Crippen molar-refractivity contribution >= 4 is 34.8 Å². The molecule has 0 spiro atoms. The maximum Gasteiger partial charge on any atom is 0.210 e. The molecule has 0 aliphatic rings. The average molecular weight is 290 g/mol. The van der Waals surface area contributed by atoms with Crippen LogP contribution in [0, 0.1) is 0 Å². The third kappa shape index (κ3) is 2.78. The molecule has 2 nitrogen and oxygen atoms in total. The van der Waals surface area contributed by atoms with Crippen molar-refractivity contribution in [1.29, 1.82) is 0 Å². The second-order valence-corrected chi connectivity index (χ2v) is 6.03. The highest BCUT2D eigenvalue weighted by Crippen LogP contribution is 2.38. The molecule has 90 valence electrons. The van der Waals surface area contributed by atoms with Crippen LogP contribution in [-0.2, 0) is 0 Å². The molecule has 0 aliphatic carbocycles. The van der Waals surface area contributed by atoms with Gasteiger partial charge in [-0.1, -0.05) is 53.0 Å². The molecule has 17 heavy (non-hydrogen) atoms. The Balaban J connectivity index is 2.43. The van der Waals surface area contributed by atoms with Gasteiger partial charge in [-0.3, -0.25) is 0 Å². The first kappa shape index (κ1) is 12.8. The first-order chi connectivity index (χ1) is 8.00. The van der Waals surface area contributed by atoms with E-state index < -0.39 is 9.83 Å². The molecule has 5 heteroatoms. The first-order valence-corrected chi connectivity index (χ1v) is 6.18. The molecule has 0 aliphatic heterocycles. The Bertz CT molecular complexity index is 488. The number of rotatable bonds is 2. The Morgan fingerprint density at radius 3 is 2.24 bits per heavy atom. The molecule has 0 amide bonds. The van der Waals surface area contributed by atoms with Crippen molar-refractivity contribution in [2.24, 2.45) is 5.73 Å². The zero-order chi connectivity index (χ0) is 12.5. The van der Waals surface area contributed by atoms with Crippen LogP contribution in [-0.4, -0.2) is 8.36 Å². The summed E-state index contributed by atoms with van der Waals surface area (Å²) in [5, 5.41) is 0. The maximum atomic E-state index is 5.94. The summed E-state index contributed by atoms with van der Waals surface area (Å²) < 4.78 is 0.386. The molecule has 0 saturated heterocycles. The summed E-state index contributed by atoms with van der Waals surface area (Å²) >= 11 is 17.5. The fraction of sp³-hybridized carbons (Fsp3) is 0.167. The topological polar surface area (TPSA) is 30.9 Å². The summed E-state index contributed by atoms with van der Waals surface area (Å²) in [7, 11) is 0. The van der Waals surface area contributed by atoms with E-state index in [4.69, 9.17) is 40.5 Å². The van der Waals surface area contributed by atoms with Crippen LogP contribution in [0.2, 0.25) is 0 Å². The molecule has 1 heterocycles. The van der Waals surface area contributed by atoms with Gasteiger partial charge in [-0.15, -0.1) is 0 Å². The van der Waals surface area contributed by atoms with Gasteiger partial charge >= 0.3 is 0 Å². The van der Waals surface area contributed by atoms with Crippen molar-refractivity contribution in [2.45, 2.75) is 9.83 Å². The Morgan fingerprint density at radius 1 is 1.00 bits per heavy atom. The van der Waals surface area contributed by atoms with Crippen molar-refractivity contribution < 1.29 is 0 Å². The van der Waals surface area contributed by atoms with Gasteiger partial charge in [-0.25, -0.2) is 0 Å². The highest BCUT2D eigenvalue weighted by molar-refractivity contribution is 6.68. The standard InChI is InChI=1S/C12H11Cl3N2/c13-12(14,15)11(16)10-7-4-8-17(10)9-5-2-1-3-6-9/h1-8,11H,16H2. The van der Waals surface area contributed by atoms with Gasteiger partial charge in [0.15, 0.2) is 0 Å². The predicted octanol–water partition coefficient (Wildman–Crippen LogP) is 3.85. The van der Waals surface area contributed by atoms with Gasteiger partial charge in [0.1, 0.15) is 0 Å². The third-order valence-corrected chi connectivity index (χ3v) is 3.19. The van der Waals surface area contributed by atoms with Crippen LogP contribution in [0.3, 0.4) is 0 Å². The van der Waals surface area contributed by atoms with Gasteiger partial charge in [0.05, 0.1) is 6.04 Å². The Kier molecular flexibility index (Phi) is 3.69. The summed E-state index contributed by atoms with van der Waals surface area (Å²) in [4.78, 5) is 0. The Labute approximate surface area is 115 Å². The smallest absolute Gasteiger partial charge is 0.210 e. The molecular formula is C12H11Cl3N2. The fourth-order valence-corrected chi connectivity index (χ4v) is 1.97. The van der Waals surface area contributed by atoms with Gasteiger partial charge in [0, 0.05) is 17.6 Å². The number of para-hydroxylation sites is 1. The second-order valence-electron chi connectivity index (χ2n) is 3.66. The lowest BCUT2D eigenvalue weighted by atomic mass is 10.2. The molecule has 2 rings (SSSR count). The highest BCUT2D eigenvalue weighted by Gasteiger charge is 2.32. The van der Waals surface area contributed by atoms with Crippen LogP contribution in [0.25, 0.3) is 5.69 Å². The fourth-order valence-electron chi connectivity index (χ4n) is 1.64. The van der Waals surface area contributed by atoms with Gasteiger partial charge in [0.25, 0.3) is 0 Å². The van der Waals surface area contributed by atoms with Gasteiger partial charge in [0.2, 0.25) is 3.79 Å². The molecule has 1 unspecified atom stereocenters. The van der Waals surface area contributed by atoms with Crippen molar-refractivity contribution in [3.05, 3.63) is 54.4 Å². The highest BCUT2D eigenvalue weighted by atomic mass is 35.6. The van der Waals surface area contributed by atoms with E-state index in [9.17, 15) is 0 Å². The SMILES string of the molecule is NC(c1cccn1-c1ccccc1)C(Cl)(Cl)Cl. The Morgan fingerprint density at radius 2 is 1.65 bits per heavy atom. The van der Waals surface area contributed by atoms with E-state index in [1.165, 1.54) is 0 Å². The second kappa shape index (κ2) is 4.91. The van der Waals surface area contributed by atoms with E-state index in [0.717, 1.165) is 11.4 Å². The van der Waals surface area contributed by atoms with E-state index in [1.54, 1.807) is 0 Å². The molecular weight excluding hydrogens is 279 g/mol. The predicted molar refractivity (Wildman–Crippen MR) is 73.0 cm³/mol. The van der Waals surface area contributed by atoms with Gasteiger partial charge < -0.3 is 10.3 Å². The quantitative estimate of drug-likeness (QED) is 0.837. The Hall–Kier alpha value is -0.670. The zero-order valence-corrected chi connectivity index (χ0v) is 11.1. The number of alkyl halides is 3. The molecule has 1 atom stereocenters. The molecule has 2 N–H and O–H groups in total. The van der Waals surface area contributed by atoms with E-state index in [1.807, 2.05) is 53.2 Å². The average Bonchev–Trinajstić information content (AvgIpc) is 2.76. The van der Waals surface area contributed by atoms with Gasteiger partial charge in [-0.2, -0.15) is 0 Å². The minimum Gasteiger partial charge on any atom is -0.319 e. The number of aromatic nitrogens is 1. The van der Waals surface area contributed by atoms with E-state index in [2.05, 4.69) is 0 Å². The summed E-state index contributed by atoms with van der Waals surface area (Å²) in [5.41, 5.74) is 7.68. The van der Waals surface area contributed by atoms with Crippen molar-refractivity contribution in [1.82, 2.24) is 4.57 Å². The summed E-state index contributed by atoms with van der Waals surface area (Å²) in [6.07, 6.45) is 1.89. The van der Waals surface area contributed by atoms with Gasteiger partial charge in [-0.05, 0) is 24.3 Å². The number of benzene rings is 1. The molecule has 0 fully saturated rings. The number of hydrogen-bond donors (Lipinski definition) is 1. The molecule has 2 aromatic rings. The monoisotopic (exact) mass is 288 g/mol. The summed E-state index contributed by atoms with van der Waals surface area (Å²) in [6, 6.07) is 12.8. The van der Waals surface area contributed by atoms with E-state index in [-0.39, 0.29) is 0 Å². The van der Waals surface area contributed by atoms with Crippen LogP contribution < -0.4 is 5.73 Å².